The molecule has 2 aromatic rings. The summed E-state index contributed by atoms with van der Waals surface area (Å²) in [5, 5.41) is 12.7. The highest BCUT2D eigenvalue weighted by Crippen LogP contribution is 2.33. The van der Waals surface area contributed by atoms with Gasteiger partial charge in [-0.3, -0.25) is 9.36 Å². The predicted octanol–water partition coefficient (Wildman–Crippen LogP) is 2.10. The van der Waals surface area contributed by atoms with Crippen molar-refractivity contribution in [2.75, 3.05) is 0 Å². The molecule has 2 N–H and O–H groups in total. The van der Waals surface area contributed by atoms with E-state index in [-0.39, 0.29) is 11.9 Å². The van der Waals surface area contributed by atoms with Gasteiger partial charge in [-0.15, -0.1) is 5.10 Å². The van der Waals surface area contributed by atoms with Gasteiger partial charge in [0.25, 0.3) is 5.91 Å². The molecule has 0 saturated heterocycles. The van der Waals surface area contributed by atoms with Crippen LogP contribution in [-0.2, 0) is 18.9 Å². The maximum atomic E-state index is 14.3. The highest BCUT2D eigenvalue weighted by molar-refractivity contribution is 7.18. The van der Waals surface area contributed by atoms with E-state index in [1.54, 1.807) is 13.2 Å². The molecule has 1 aliphatic heterocycles. The van der Waals surface area contributed by atoms with Crippen molar-refractivity contribution in [1.29, 1.82) is 0 Å². The van der Waals surface area contributed by atoms with E-state index in [4.69, 9.17) is 0 Å². The zero-order valence-corrected chi connectivity index (χ0v) is 17.9. The Balaban J connectivity index is 1.34. The number of amides is 1. The third-order valence-electron chi connectivity index (χ3n) is 5.61. The number of hydrogen-bond acceptors (Lipinski definition) is 5. The van der Waals surface area contributed by atoms with E-state index in [2.05, 4.69) is 41.2 Å². The Kier molecular flexibility index (Phi) is 5.42. The van der Waals surface area contributed by atoms with Gasteiger partial charge in [0.15, 0.2) is 5.41 Å². The lowest BCUT2D eigenvalue weighted by Gasteiger charge is -2.32. The molecule has 10 heteroatoms. The maximum Gasteiger partial charge on any atom is 0.271 e. The Hall–Kier alpha value is -2.28. The number of nitrogens with zero attached hydrogens (tertiary/aromatic N) is 5. The Morgan fingerprint density at radius 3 is 2.69 bits per heavy atom. The predicted molar refractivity (Wildman–Crippen MR) is 111 cm³/mol. The highest BCUT2D eigenvalue weighted by atomic mass is 31.0. The third-order valence-corrected chi connectivity index (χ3v) is 5.90. The minimum atomic E-state index is -1.53. The van der Waals surface area contributed by atoms with Crippen LogP contribution in [-0.4, -0.2) is 42.5 Å². The number of carbonyl (C=O) groups excluding carboxylic acids is 1. The normalized spacial score (nSPS) is 23.7. The van der Waals surface area contributed by atoms with E-state index in [0.29, 0.717) is 17.4 Å². The number of aryl methyl sites for hydroxylation is 2. The molecule has 0 radical (unpaired) electrons. The monoisotopic (exact) mass is 419 g/mol. The summed E-state index contributed by atoms with van der Waals surface area (Å²) in [6.45, 7) is 1.50. The van der Waals surface area contributed by atoms with E-state index in [9.17, 15) is 9.18 Å². The molecule has 2 unspecified atom stereocenters. The minimum absolute atomic E-state index is 0.133. The van der Waals surface area contributed by atoms with Crippen molar-refractivity contribution < 1.29 is 9.18 Å². The van der Waals surface area contributed by atoms with E-state index in [1.807, 2.05) is 4.57 Å². The van der Waals surface area contributed by atoms with Crippen LogP contribution in [0, 0.1) is 0 Å². The lowest BCUT2D eigenvalue weighted by Crippen LogP contribution is -2.42. The molecule has 0 aromatic carbocycles. The van der Waals surface area contributed by atoms with Crippen LogP contribution in [0.5, 0.6) is 0 Å². The summed E-state index contributed by atoms with van der Waals surface area (Å²) in [6, 6.07) is 0.466. The number of nitrogens with one attached hydrogen (secondary N) is 2. The Morgan fingerprint density at radius 1 is 1.31 bits per heavy atom. The van der Waals surface area contributed by atoms with Crippen LogP contribution >= 0.6 is 9.24 Å². The molecule has 156 valence electrons. The number of fused-ring (bicyclic) bond motifs is 1. The molecular formula is C19H27FN7OP. The number of carbonyl (C=O) groups is 1. The molecular weight excluding hydrogens is 392 g/mol. The summed E-state index contributed by atoms with van der Waals surface area (Å²) in [7, 11) is 3.92. The first-order valence-electron chi connectivity index (χ1n) is 10.0. The van der Waals surface area contributed by atoms with Gasteiger partial charge in [0.05, 0.1) is 11.9 Å². The Morgan fingerprint density at radius 2 is 2.03 bits per heavy atom. The van der Waals surface area contributed by atoms with Crippen LogP contribution in [0.2, 0.25) is 0 Å². The van der Waals surface area contributed by atoms with Crippen LogP contribution in [0.25, 0.3) is 5.82 Å². The van der Waals surface area contributed by atoms with Gasteiger partial charge in [0.1, 0.15) is 17.3 Å². The molecule has 0 spiro atoms. The van der Waals surface area contributed by atoms with Crippen LogP contribution in [0.3, 0.4) is 0 Å². The van der Waals surface area contributed by atoms with Gasteiger partial charge < -0.3 is 10.6 Å². The molecule has 2 aliphatic rings. The molecule has 1 saturated carbocycles. The van der Waals surface area contributed by atoms with Gasteiger partial charge in [-0.1, -0.05) is 14.5 Å². The number of alkyl halides is 1. The van der Waals surface area contributed by atoms with Crippen molar-refractivity contribution in [2.24, 2.45) is 7.05 Å². The fourth-order valence-corrected chi connectivity index (χ4v) is 4.09. The number of aromatic nitrogens is 5. The summed E-state index contributed by atoms with van der Waals surface area (Å²) < 4.78 is 17.7. The van der Waals surface area contributed by atoms with Gasteiger partial charge >= 0.3 is 0 Å². The average Bonchev–Trinajstić information content (AvgIpc) is 3.30. The second-order valence-electron chi connectivity index (χ2n) is 8.03. The van der Waals surface area contributed by atoms with E-state index < -0.39 is 5.41 Å². The zero-order valence-electron chi connectivity index (χ0n) is 16.7. The number of hydrogen-bond donors (Lipinski definition) is 2. The molecule has 29 heavy (non-hydrogen) atoms. The van der Waals surface area contributed by atoms with E-state index in [0.717, 1.165) is 50.2 Å². The fourth-order valence-electron chi connectivity index (χ4n) is 3.95. The van der Waals surface area contributed by atoms with Crippen LogP contribution in [0.4, 0.5) is 4.39 Å². The van der Waals surface area contributed by atoms with Crippen molar-refractivity contribution in [3.63, 3.8) is 0 Å². The van der Waals surface area contributed by atoms with Crippen LogP contribution in [0.15, 0.2) is 18.5 Å². The first kappa shape index (κ1) is 20.0. The van der Waals surface area contributed by atoms with Gasteiger partial charge in [0, 0.05) is 31.7 Å². The summed E-state index contributed by atoms with van der Waals surface area (Å²) in [6.07, 6.45) is 10.8. The standard InChI is InChI=1S/C19H27FN7OP/c1-19(20,29)15-11-27-16(4-3-5-17(27)24-15)22-12-6-8-13(9-7-12)23-18(28)14-10-21-25-26(14)2/h4,10-13,22H,3,5-9,29H2,1-2H3,(H,23,28). The summed E-state index contributed by atoms with van der Waals surface area (Å²) >= 11 is 0. The van der Waals surface area contributed by atoms with E-state index in [1.165, 1.54) is 17.8 Å². The summed E-state index contributed by atoms with van der Waals surface area (Å²) in [5.41, 5.74) is 0.901. The third kappa shape index (κ3) is 4.34. The molecule has 1 amide bonds. The van der Waals surface area contributed by atoms with Gasteiger partial charge in [-0.25, -0.2) is 14.1 Å². The van der Waals surface area contributed by atoms with Crippen molar-refractivity contribution in [3.05, 3.63) is 35.7 Å². The van der Waals surface area contributed by atoms with Gasteiger partial charge in [-0.05, 0) is 45.1 Å². The van der Waals surface area contributed by atoms with Crippen LogP contribution < -0.4 is 10.6 Å². The van der Waals surface area contributed by atoms with Gasteiger partial charge in [-0.2, -0.15) is 0 Å². The number of imidazole rings is 1. The van der Waals surface area contributed by atoms with Crippen molar-refractivity contribution >= 4 is 21.0 Å². The highest BCUT2D eigenvalue weighted by Gasteiger charge is 2.28. The first-order valence-corrected chi connectivity index (χ1v) is 10.6. The smallest absolute Gasteiger partial charge is 0.271 e. The van der Waals surface area contributed by atoms with Crippen molar-refractivity contribution in [1.82, 2.24) is 35.2 Å². The second-order valence-corrected chi connectivity index (χ2v) is 9.11. The molecule has 3 heterocycles. The second kappa shape index (κ2) is 7.86. The van der Waals surface area contributed by atoms with Crippen molar-refractivity contribution in [2.45, 2.75) is 62.9 Å². The molecule has 4 rings (SSSR count). The number of allylic oxidation sites excluding steroid dienone is 1. The van der Waals surface area contributed by atoms with Crippen molar-refractivity contribution in [3.8, 4) is 0 Å². The largest absolute Gasteiger partial charge is 0.369 e. The first-order chi connectivity index (χ1) is 13.8. The average molecular weight is 419 g/mol. The summed E-state index contributed by atoms with van der Waals surface area (Å²) in [5.74, 6) is 1.74. The fraction of sp³-hybridized carbons (Fsp3) is 0.579. The zero-order chi connectivity index (χ0) is 20.6. The van der Waals surface area contributed by atoms with E-state index >= 15 is 0 Å². The molecule has 2 aromatic heterocycles. The SMILES string of the molecule is Cn1nncc1C(=O)NC1CCC(NC2=CCCc3nc(C(C)(F)P)cn32)CC1. The lowest BCUT2D eigenvalue weighted by atomic mass is 9.91. The molecule has 1 aliphatic carbocycles. The molecule has 2 atom stereocenters. The molecule has 1 fully saturated rings. The summed E-state index contributed by atoms with van der Waals surface area (Å²) in [4.78, 5) is 16.8. The molecule has 0 bridgehead atoms. The minimum Gasteiger partial charge on any atom is -0.369 e. The van der Waals surface area contributed by atoms with Gasteiger partial charge in [0.2, 0.25) is 0 Å². The quantitative estimate of drug-likeness (QED) is 0.725. The maximum absolute atomic E-state index is 14.3. The van der Waals surface area contributed by atoms with Crippen LogP contribution in [0.1, 0.15) is 61.0 Å². The Bertz CT molecular complexity index is 921. The Labute approximate surface area is 171 Å². The number of halogens is 1. The number of rotatable bonds is 5. The molecule has 8 nitrogen and oxygen atoms in total. The topological polar surface area (TPSA) is 89.7 Å². The lowest BCUT2D eigenvalue weighted by molar-refractivity contribution is 0.0915.